The fraction of sp³-hybridized carbons (Fsp3) is 0.826. The van der Waals surface area contributed by atoms with E-state index >= 15 is 0 Å². The molecule has 0 radical (unpaired) electrons. The summed E-state index contributed by atoms with van der Waals surface area (Å²) in [6.07, 6.45) is -4.21. The molecule has 1 heterocycles. The molecule has 4 unspecified atom stereocenters. The number of amides is 2. The minimum Gasteiger partial charge on any atom is -0.444 e. The van der Waals surface area contributed by atoms with Crippen LogP contribution in [0.5, 0.6) is 0 Å². The number of aliphatic hydroxyl groups is 4. The number of nitrogens with two attached hydrogens (primary N) is 2. The Bertz CT molecular complexity index is 787. The van der Waals surface area contributed by atoms with E-state index in [1.165, 1.54) is 0 Å². The summed E-state index contributed by atoms with van der Waals surface area (Å²) in [4.78, 5) is 24.5. The molecule has 206 valence electrons. The van der Waals surface area contributed by atoms with Gasteiger partial charge in [-0.25, -0.2) is 4.79 Å². The van der Waals surface area contributed by atoms with Crippen LogP contribution >= 0.6 is 0 Å². The maximum absolute atomic E-state index is 12.4. The lowest BCUT2D eigenvalue weighted by atomic mass is 9.84. The van der Waals surface area contributed by atoms with Gasteiger partial charge in [-0.2, -0.15) is 0 Å². The molecule has 0 bridgehead atoms. The number of alkyl carbamates (subject to hydrolysis) is 1. The summed E-state index contributed by atoms with van der Waals surface area (Å²) in [5.41, 5.74) is 11.0. The molecule has 13 heteroatoms. The van der Waals surface area contributed by atoms with Gasteiger partial charge in [0.1, 0.15) is 42.2 Å². The van der Waals surface area contributed by atoms with E-state index in [1.54, 1.807) is 20.8 Å². The van der Waals surface area contributed by atoms with Crippen molar-refractivity contribution in [3.63, 3.8) is 0 Å². The van der Waals surface area contributed by atoms with Crippen molar-refractivity contribution in [1.82, 2.24) is 10.6 Å². The molecule has 36 heavy (non-hydrogen) atoms. The lowest BCUT2D eigenvalue weighted by molar-refractivity contribution is -0.292. The van der Waals surface area contributed by atoms with Crippen LogP contribution in [0.15, 0.2) is 0 Å². The van der Waals surface area contributed by atoms with Crippen LogP contribution in [0.25, 0.3) is 0 Å². The molecule has 1 aliphatic heterocycles. The maximum atomic E-state index is 12.4. The van der Waals surface area contributed by atoms with Gasteiger partial charge in [0.2, 0.25) is 5.91 Å². The van der Waals surface area contributed by atoms with Crippen molar-refractivity contribution < 1.29 is 44.2 Å². The SMILES string of the molecule is C#CCCCC(=O)NCC1O[C@H](O[C@@H]2C(N)C[C@@H](N)[C@@H](O)C2O)C(NC(=O)OC(C)(C)C)[C@@H](O)[C@@H]1O. The number of rotatable bonds is 8. The first-order valence-corrected chi connectivity index (χ1v) is 12.0. The van der Waals surface area contributed by atoms with E-state index in [1.807, 2.05) is 0 Å². The topological polar surface area (TPSA) is 219 Å². The van der Waals surface area contributed by atoms with Crippen molar-refractivity contribution in [2.45, 2.75) is 113 Å². The number of hydrogen-bond acceptors (Lipinski definition) is 11. The highest BCUT2D eigenvalue weighted by Gasteiger charge is 2.50. The normalized spacial score (nSPS) is 37.0. The Kier molecular flexibility index (Phi) is 10.9. The molecule has 2 amide bonds. The fourth-order valence-corrected chi connectivity index (χ4v) is 4.09. The Morgan fingerprint density at radius 3 is 2.36 bits per heavy atom. The standard InChI is InChI=1S/C23H40N4O9/c1-5-6-7-8-14(28)26-10-13-17(30)18(31)15(27-22(33)36-23(2,3)4)21(34-13)35-20-12(25)9-11(24)16(29)19(20)32/h1,11-13,15-21,29-32H,6-10,24-25H2,2-4H3,(H,26,28)(H,27,33)/t11-,12?,13?,15?,16-,17-,18-,19?,20-,21-/m1/s1. The first kappa shape index (κ1) is 30.2. The van der Waals surface area contributed by atoms with Crippen molar-refractivity contribution >= 4 is 12.0 Å². The van der Waals surface area contributed by atoms with Crippen LogP contribution < -0.4 is 22.1 Å². The van der Waals surface area contributed by atoms with Crippen molar-refractivity contribution in [2.24, 2.45) is 11.5 Å². The highest BCUT2D eigenvalue weighted by atomic mass is 16.7. The van der Waals surface area contributed by atoms with E-state index in [0.717, 1.165) is 0 Å². The largest absolute Gasteiger partial charge is 0.444 e. The summed E-state index contributed by atoms with van der Waals surface area (Å²) < 4.78 is 16.9. The van der Waals surface area contributed by atoms with Crippen LogP contribution in [0.1, 0.15) is 46.5 Å². The number of nitrogens with one attached hydrogen (secondary N) is 2. The van der Waals surface area contributed by atoms with Crippen LogP contribution in [-0.4, -0.2) is 106 Å². The Balaban J connectivity index is 2.18. The monoisotopic (exact) mass is 516 g/mol. The molecule has 0 aromatic rings. The molecule has 10 atom stereocenters. The van der Waals surface area contributed by atoms with Crippen LogP contribution in [0.3, 0.4) is 0 Å². The highest BCUT2D eigenvalue weighted by molar-refractivity contribution is 5.75. The summed E-state index contributed by atoms with van der Waals surface area (Å²) in [5, 5.41) is 47.2. The lowest BCUT2D eigenvalue weighted by Crippen LogP contribution is -2.69. The second-order valence-corrected chi connectivity index (χ2v) is 10.2. The van der Waals surface area contributed by atoms with Gasteiger partial charge in [-0.3, -0.25) is 4.79 Å². The molecule has 0 aromatic heterocycles. The third-order valence-electron chi connectivity index (χ3n) is 5.99. The van der Waals surface area contributed by atoms with E-state index < -0.39 is 72.7 Å². The van der Waals surface area contributed by atoms with E-state index in [0.29, 0.717) is 12.8 Å². The Morgan fingerprint density at radius 1 is 1.08 bits per heavy atom. The number of carbonyl (C=O) groups is 2. The van der Waals surface area contributed by atoms with Gasteiger partial charge in [-0.05, 0) is 33.6 Å². The third-order valence-corrected chi connectivity index (χ3v) is 5.99. The second-order valence-electron chi connectivity index (χ2n) is 10.2. The van der Waals surface area contributed by atoms with Crippen LogP contribution in [-0.2, 0) is 19.0 Å². The number of aliphatic hydroxyl groups excluding tert-OH is 4. The molecule has 1 aliphatic carbocycles. The van der Waals surface area contributed by atoms with Crippen molar-refractivity contribution in [2.75, 3.05) is 6.54 Å². The Morgan fingerprint density at radius 2 is 1.75 bits per heavy atom. The summed E-state index contributed by atoms with van der Waals surface area (Å²) >= 11 is 0. The number of hydrogen-bond donors (Lipinski definition) is 8. The molecule has 0 spiro atoms. The van der Waals surface area contributed by atoms with E-state index in [4.69, 9.17) is 32.1 Å². The number of unbranched alkanes of at least 4 members (excludes halogenated alkanes) is 1. The quantitative estimate of drug-likeness (QED) is 0.124. The molecule has 1 saturated heterocycles. The fourth-order valence-electron chi connectivity index (χ4n) is 4.09. The van der Waals surface area contributed by atoms with E-state index in [2.05, 4.69) is 16.6 Å². The van der Waals surface area contributed by atoms with Gasteiger partial charge in [-0.1, -0.05) is 0 Å². The predicted octanol–water partition coefficient (Wildman–Crippen LogP) is -2.59. The summed E-state index contributed by atoms with van der Waals surface area (Å²) in [5.74, 6) is 2.11. The zero-order valence-corrected chi connectivity index (χ0v) is 20.9. The smallest absolute Gasteiger partial charge is 0.408 e. The van der Waals surface area contributed by atoms with Crippen LogP contribution in [0.4, 0.5) is 4.79 Å². The number of ether oxygens (including phenoxy) is 3. The molecule has 2 fully saturated rings. The Labute approximate surface area is 210 Å². The van der Waals surface area contributed by atoms with Gasteiger partial charge in [0.05, 0.1) is 6.10 Å². The minimum atomic E-state index is -1.61. The average molecular weight is 517 g/mol. The summed E-state index contributed by atoms with van der Waals surface area (Å²) in [7, 11) is 0. The highest BCUT2D eigenvalue weighted by Crippen LogP contribution is 2.28. The average Bonchev–Trinajstić information content (AvgIpc) is 2.77. The van der Waals surface area contributed by atoms with Gasteiger partial charge < -0.3 is 56.7 Å². The van der Waals surface area contributed by atoms with Crippen molar-refractivity contribution in [3.8, 4) is 12.3 Å². The molecule has 0 aromatic carbocycles. The Hall–Kier alpha value is -2.02. The second kappa shape index (κ2) is 13.0. The van der Waals surface area contributed by atoms with E-state index in [9.17, 15) is 30.0 Å². The first-order chi connectivity index (χ1) is 16.7. The summed E-state index contributed by atoms with van der Waals surface area (Å²) in [6, 6.07) is -2.92. The maximum Gasteiger partial charge on any atom is 0.408 e. The predicted molar refractivity (Wildman–Crippen MR) is 127 cm³/mol. The van der Waals surface area contributed by atoms with Gasteiger partial charge in [0.25, 0.3) is 0 Å². The zero-order chi connectivity index (χ0) is 27.2. The first-order valence-electron chi connectivity index (χ1n) is 12.0. The zero-order valence-electron chi connectivity index (χ0n) is 20.9. The number of terminal acetylenes is 1. The minimum absolute atomic E-state index is 0.127. The van der Waals surface area contributed by atoms with Crippen LogP contribution in [0, 0.1) is 12.3 Å². The molecular weight excluding hydrogens is 476 g/mol. The third kappa shape index (κ3) is 8.25. The van der Waals surface area contributed by atoms with Gasteiger partial charge in [0.15, 0.2) is 6.29 Å². The van der Waals surface area contributed by atoms with E-state index in [-0.39, 0.29) is 25.3 Å². The molecule has 2 rings (SSSR count). The van der Waals surface area contributed by atoms with Crippen molar-refractivity contribution in [1.29, 1.82) is 0 Å². The molecule has 10 N–H and O–H groups in total. The van der Waals surface area contributed by atoms with Gasteiger partial charge in [-0.15, -0.1) is 12.3 Å². The molecule has 1 saturated carbocycles. The van der Waals surface area contributed by atoms with Crippen molar-refractivity contribution in [3.05, 3.63) is 0 Å². The summed E-state index contributed by atoms with van der Waals surface area (Å²) in [6.45, 7) is 4.76. The molecule has 2 aliphatic rings. The van der Waals surface area contributed by atoms with Gasteiger partial charge in [0, 0.05) is 31.5 Å². The molecular formula is C23H40N4O9. The lowest BCUT2D eigenvalue weighted by Gasteiger charge is -2.46. The van der Waals surface area contributed by atoms with Crippen LogP contribution in [0.2, 0.25) is 0 Å². The van der Waals surface area contributed by atoms with Gasteiger partial charge >= 0.3 is 6.09 Å². The molecule has 13 nitrogen and oxygen atoms in total. The number of carbonyl (C=O) groups excluding carboxylic acids is 2.